The fourth-order valence-corrected chi connectivity index (χ4v) is 5.42. The molecule has 1 aliphatic rings. The summed E-state index contributed by atoms with van der Waals surface area (Å²) in [6, 6.07) is 16.9. The number of nitrogens with zero attached hydrogens (tertiary/aromatic N) is 3. The average Bonchev–Trinajstić information content (AvgIpc) is 3.54. The molecule has 2 heterocycles. The van der Waals surface area contributed by atoms with Gasteiger partial charge in [-0.3, -0.25) is 14.4 Å². The molecule has 14 nitrogen and oxygen atoms in total. The summed E-state index contributed by atoms with van der Waals surface area (Å²) >= 11 is 0. The molecule has 2 unspecified atom stereocenters. The molecule has 4 rings (SSSR count). The first-order valence-corrected chi connectivity index (χ1v) is 17.0. The molecule has 0 radical (unpaired) electrons. The number of carbonyl (C=O) groups is 4. The summed E-state index contributed by atoms with van der Waals surface area (Å²) in [6.07, 6.45) is 3.69. The van der Waals surface area contributed by atoms with Crippen molar-refractivity contribution in [1.82, 2.24) is 25.1 Å². The second-order valence-electron chi connectivity index (χ2n) is 13.9. The maximum absolute atomic E-state index is 14.0. The number of anilines is 1. The van der Waals surface area contributed by atoms with Gasteiger partial charge in [0.05, 0.1) is 25.6 Å². The van der Waals surface area contributed by atoms with Gasteiger partial charge < -0.3 is 44.4 Å². The van der Waals surface area contributed by atoms with E-state index in [9.17, 15) is 19.2 Å². The fraction of sp³-hybridized carbons (Fsp3) is 0.486. The number of amides is 4. The Balaban J connectivity index is 1.49. The molecule has 4 amide bonds. The highest BCUT2D eigenvalue weighted by atomic mass is 16.7. The molecule has 0 bridgehead atoms. The van der Waals surface area contributed by atoms with Crippen molar-refractivity contribution in [3.63, 3.8) is 0 Å². The summed E-state index contributed by atoms with van der Waals surface area (Å²) in [5.74, 6) is -1.17. The number of ether oxygens (including phenoxy) is 4. The van der Waals surface area contributed by atoms with E-state index in [1.54, 1.807) is 38.6 Å². The van der Waals surface area contributed by atoms with Crippen molar-refractivity contribution >= 4 is 29.6 Å². The molecule has 2 aromatic carbocycles. The van der Waals surface area contributed by atoms with Crippen LogP contribution in [-0.2, 0) is 39.9 Å². The van der Waals surface area contributed by atoms with E-state index in [4.69, 9.17) is 18.9 Å². The number of hydrogen-bond acceptors (Lipinski definition) is 9. The minimum Gasteiger partial charge on any atom is -0.444 e. The van der Waals surface area contributed by atoms with Gasteiger partial charge in [-0.15, -0.1) is 0 Å². The molecule has 3 aromatic rings. The number of likely N-dealkylation sites (tertiary alicyclic amines) is 1. The Labute approximate surface area is 299 Å². The Hall–Kier alpha value is -4.79. The van der Waals surface area contributed by atoms with Crippen molar-refractivity contribution in [2.45, 2.75) is 83.4 Å². The zero-order valence-corrected chi connectivity index (χ0v) is 30.2. The van der Waals surface area contributed by atoms with Crippen LogP contribution in [0.1, 0.15) is 64.6 Å². The van der Waals surface area contributed by atoms with E-state index in [0.29, 0.717) is 25.9 Å². The van der Waals surface area contributed by atoms with Crippen LogP contribution in [0.3, 0.4) is 0 Å². The van der Waals surface area contributed by atoms with Crippen molar-refractivity contribution in [1.29, 1.82) is 0 Å². The van der Waals surface area contributed by atoms with Gasteiger partial charge in [0.25, 0.3) is 5.91 Å². The Morgan fingerprint density at radius 2 is 1.59 bits per heavy atom. The Kier molecular flexibility index (Phi) is 13.7. The first-order valence-electron chi connectivity index (χ1n) is 17.0. The van der Waals surface area contributed by atoms with Crippen LogP contribution in [-0.4, -0.2) is 95.2 Å². The number of piperidine rings is 1. The molecular formula is C37H50N6O8. The van der Waals surface area contributed by atoms with Gasteiger partial charge in [-0.2, -0.15) is 0 Å². The molecule has 0 saturated carbocycles. The fourth-order valence-electron chi connectivity index (χ4n) is 5.42. The topological polar surface area (TPSA) is 162 Å². The molecule has 276 valence electrons. The lowest BCUT2D eigenvalue weighted by Crippen LogP contribution is -2.59. The molecule has 14 heteroatoms. The van der Waals surface area contributed by atoms with Crippen LogP contribution >= 0.6 is 0 Å². The lowest BCUT2D eigenvalue weighted by atomic mass is 10.0. The third kappa shape index (κ3) is 11.9. The van der Waals surface area contributed by atoms with Gasteiger partial charge in [0, 0.05) is 26.4 Å². The second kappa shape index (κ2) is 17.9. The number of rotatable bonds is 15. The molecular weight excluding hydrogens is 656 g/mol. The van der Waals surface area contributed by atoms with Gasteiger partial charge in [-0.25, -0.2) is 9.78 Å². The van der Waals surface area contributed by atoms with E-state index < -0.39 is 41.1 Å². The van der Waals surface area contributed by atoms with Crippen molar-refractivity contribution < 1.29 is 38.1 Å². The summed E-state index contributed by atoms with van der Waals surface area (Å²) in [6.45, 7) is 9.43. The monoisotopic (exact) mass is 706 g/mol. The van der Waals surface area contributed by atoms with Crippen LogP contribution in [0.2, 0.25) is 0 Å². The molecule has 1 fully saturated rings. The molecule has 0 spiro atoms. The van der Waals surface area contributed by atoms with E-state index in [-0.39, 0.29) is 37.8 Å². The zero-order chi connectivity index (χ0) is 37.0. The molecule has 1 saturated heterocycles. The summed E-state index contributed by atoms with van der Waals surface area (Å²) in [7, 11) is 1.58. The van der Waals surface area contributed by atoms with E-state index in [0.717, 1.165) is 11.1 Å². The Morgan fingerprint density at radius 3 is 2.22 bits per heavy atom. The molecule has 1 aliphatic heterocycles. The number of imidazole rings is 1. The molecule has 3 N–H and O–H groups in total. The smallest absolute Gasteiger partial charge is 0.408 e. The standard InChI is InChI=1S/C37H50N6O8/c1-36(2,3)51-35(47)41-37(4,5)34(46)39-29(23-49-22-26-13-9-7-10-14-26)32(44)40-30-21-43(24-38-30)31(27-15-11-8-12-16-27)33(45)42-19-17-28(18-20-42)50-25-48-6/h7-16,21,24,28-29,31H,17-20,22-23,25H2,1-6H3,(H,39,46)(H,40,44)(H,41,47). The molecule has 51 heavy (non-hydrogen) atoms. The van der Waals surface area contributed by atoms with Crippen LogP contribution in [0, 0.1) is 0 Å². The largest absolute Gasteiger partial charge is 0.444 e. The van der Waals surface area contributed by atoms with E-state index >= 15 is 0 Å². The maximum Gasteiger partial charge on any atom is 0.408 e. The number of methoxy groups -OCH3 is 1. The van der Waals surface area contributed by atoms with E-state index in [1.165, 1.54) is 20.2 Å². The van der Waals surface area contributed by atoms with Gasteiger partial charge in [0.15, 0.2) is 5.82 Å². The van der Waals surface area contributed by atoms with Crippen LogP contribution in [0.25, 0.3) is 0 Å². The average molecular weight is 707 g/mol. The SMILES string of the molecule is COCOC1CCN(C(=O)C(c2ccccc2)n2cnc(NC(=O)C(COCc3ccccc3)NC(=O)C(C)(C)NC(=O)OC(C)(C)C)c2)CC1. The number of nitrogens with one attached hydrogen (secondary N) is 3. The van der Waals surface area contributed by atoms with Crippen LogP contribution in [0.15, 0.2) is 73.2 Å². The summed E-state index contributed by atoms with van der Waals surface area (Å²) in [5, 5.41) is 8.02. The van der Waals surface area contributed by atoms with Crippen molar-refractivity contribution in [2.75, 3.05) is 38.9 Å². The van der Waals surface area contributed by atoms with Crippen LogP contribution < -0.4 is 16.0 Å². The Bertz CT molecular complexity index is 1580. The van der Waals surface area contributed by atoms with Crippen LogP contribution in [0.5, 0.6) is 0 Å². The molecule has 0 aliphatic carbocycles. The van der Waals surface area contributed by atoms with Crippen molar-refractivity contribution in [2.24, 2.45) is 0 Å². The van der Waals surface area contributed by atoms with Gasteiger partial charge >= 0.3 is 6.09 Å². The van der Waals surface area contributed by atoms with Gasteiger partial charge in [-0.1, -0.05) is 60.7 Å². The van der Waals surface area contributed by atoms with Crippen LogP contribution in [0.4, 0.5) is 10.6 Å². The van der Waals surface area contributed by atoms with Gasteiger partial charge in [-0.05, 0) is 58.6 Å². The normalized spacial score (nSPS) is 15.1. The third-order valence-electron chi connectivity index (χ3n) is 8.07. The minimum atomic E-state index is -1.44. The summed E-state index contributed by atoms with van der Waals surface area (Å²) < 4.78 is 23.6. The van der Waals surface area contributed by atoms with E-state index in [1.807, 2.05) is 65.6 Å². The summed E-state index contributed by atoms with van der Waals surface area (Å²) in [5.41, 5.74) is -0.560. The first kappa shape index (κ1) is 39.0. The zero-order valence-electron chi connectivity index (χ0n) is 30.2. The third-order valence-corrected chi connectivity index (χ3v) is 8.07. The lowest BCUT2D eigenvalue weighted by molar-refractivity contribution is -0.138. The number of aromatic nitrogens is 2. The van der Waals surface area contributed by atoms with Gasteiger partial charge in [0.2, 0.25) is 11.8 Å². The number of carbonyl (C=O) groups excluding carboxylic acids is 4. The highest BCUT2D eigenvalue weighted by Gasteiger charge is 2.35. The highest BCUT2D eigenvalue weighted by molar-refractivity contribution is 5.98. The molecule has 1 aromatic heterocycles. The molecule has 2 atom stereocenters. The lowest BCUT2D eigenvalue weighted by Gasteiger charge is -2.34. The number of benzene rings is 2. The van der Waals surface area contributed by atoms with Crippen molar-refractivity contribution in [3.8, 4) is 0 Å². The minimum absolute atomic E-state index is 0.0167. The van der Waals surface area contributed by atoms with Crippen molar-refractivity contribution in [3.05, 3.63) is 84.3 Å². The predicted molar refractivity (Wildman–Crippen MR) is 189 cm³/mol. The second-order valence-corrected chi connectivity index (χ2v) is 13.9. The van der Waals surface area contributed by atoms with Gasteiger partial charge in [0.1, 0.15) is 30.0 Å². The predicted octanol–water partition coefficient (Wildman–Crippen LogP) is 4.03. The maximum atomic E-state index is 14.0. The van der Waals surface area contributed by atoms with E-state index in [2.05, 4.69) is 20.9 Å². The highest BCUT2D eigenvalue weighted by Crippen LogP contribution is 2.25. The Morgan fingerprint density at radius 1 is 0.941 bits per heavy atom. The summed E-state index contributed by atoms with van der Waals surface area (Å²) in [4.78, 5) is 59.8. The quantitative estimate of drug-likeness (QED) is 0.198. The first-order chi connectivity index (χ1) is 24.3. The number of hydrogen-bond donors (Lipinski definition) is 3. The number of alkyl carbamates (subject to hydrolysis) is 1.